The molecular weight excluding hydrogens is 249 g/mol. The van der Waals surface area contributed by atoms with Gasteiger partial charge < -0.3 is 5.11 Å². The molecule has 0 aromatic heterocycles. The lowest BCUT2D eigenvalue weighted by atomic mass is 9.96. The number of alkyl halides is 2. The molecular formula is C12H11F3O3. The summed E-state index contributed by atoms with van der Waals surface area (Å²) in [4.78, 5) is 22.0. The van der Waals surface area contributed by atoms with Crippen molar-refractivity contribution < 1.29 is 27.9 Å². The molecule has 98 valence electrons. The highest BCUT2D eigenvalue weighted by Crippen LogP contribution is 2.28. The summed E-state index contributed by atoms with van der Waals surface area (Å²) in [6, 6.07) is 3.67. The summed E-state index contributed by atoms with van der Waals surface area (Å²) in [6.07, 6.45) is -1.08. The van der Waals surface area contributed by atoms with Crippen LogP contribution in [0.15, 0.2) is 24.3 Å². The van der Waals surface area contributed by atoms with Gasteiger partial charge in [0.05, 0.1) is 5.92 Å². The van der Waals surface area contributed by atoms with Gasteiger partial charge in [-0.25, -0.2) is 4.39 Å². The Morgan fingerprint density at radius 2 is 1.78 bits per heavy atom. The zero-order valence-corrected chi connectivity index (χ0v) is 9.49. The maximum absolute atomic E-state index is 13.5. The maximum atomic E-state index is 13.5. The van der Waals surface area contributed by atoms with E-state index in [2.05, 4.69) is 0 Å². The van der Waals surface area contributed by atoms with Crippen LogP contribution in [0.2, 0.25) is 0 Å². The van der Waals surface area contributed by atoms with Gasteiger partial charge in [-0.1, -0.05) is 6.92 Å². The van der Waals surface area contributed by atoms with Crippen molar-refractivity contribution in [2.45, 2.75) is 19.3 Å². The summed E-state index contributed by atoms with van der Waals surface area (Å²) < 4.78 is 39.6. The van der Waals surface area contributed by atoms with Gasteiger partial charge in [-0.2, -0.15) is 8.78 Å². The molecule has 1 aromatic carbocycles. The first-order valence-corrected chi connectivity index (χ1v) is 5.15. The molecule has 1 atom stereocenters. The molecule has 0 bridgehead atoms. The lowest BCUT2D eigenvalue weighted by molar-refractivity contribution is -0.143. The zero-order chi connectivity index (χ0) is 13.9. The molecule has 1 aromatic rings. The molecule has 0 fully saturated rings. The quantitative estimate of drug-likeness (QED) is 0.828. The van der Waals surface area contributed by atoms with Gasteiger partial charge in [-0.15, -0.1) is 0 Å². The van der Waals surface area contributed by atoms with Crippen LogP contribution in [0.3, 0.4) is 0 Å². The number of halogens is 3. The van der Waals surface area contributed by atoms with E-state index in [1.165, 1.54) is 0 Å². The molecule has 0 spiro atoms. The van der Waals surface area contributed by atoms with Crippen molar-refractivity contribution in [2.75, 3.05) is 0 Å². The predicted molar refractivity (Wildman–Crippen MR) is 57.1 cm³/mol. The van der Waals surface area contributed by atoms with Crippen LogP contribution < -0.4 is 0 Å². The minimum Gasteiger partial charge on any atom is -0.481 e. The topological polar surface area (TPSA) is 54.4 Å². The molecule has 0 saturated carbocycles. The smallest absolute Gasteiger partial charge is 0.310 e. The SMILES string of the molecule is CC(CC(F)(F)C(=O)c1ccc(F)cc1)C(=O)O. The molecule has 1 unspecified atom stereocenters. The van der Waals surface area contributed by atoms with E-state index in [9.17, 15) is 22.8 Å². The number of aliphatic carboxylic acids is 1. The second-order valence-corrected chi connectivity index (χ2v) is 3.98. The van der Waals surface area contributed by atoms with E-state index in [-0.39, 0.29) is 5.56 Å². The Hall–Kier alpha value is -1.85. The number of carboxylic acid groups (broad SMARTS) is 1. The molecule has 0 heterocycles. The fourth-order valence-electron chi connectivity index (χ4n) is 1.38. The van der Waals surface area contributed by atoms with Gasteiger partial charge in [-0.05, 0) is 24.3 Å². The fourth-order valence-corrected chi connectivity index (χ4v) is 1.38. The van der Waals surface area contributed by atoms with Gasteiger partial charge in [0.2, 0.25) is 5.78 Å². The highest BCUT2D eigenvalue weighted by atomic mass is 19.3. The Kier molecular flexibility index (Phi) is 4.11. The molecule has 3 nitrogen and oxygen atoms in total. The Morgan fingerprint density at radius 3 is 2.22 bits per heavy atom. The first kappa shape index (κ1) is 14.2. The summed E-state index contributed by atoms with van der Waals surface area (Å²) in [7, 11) is 0. The Bertz CT molecular complexity index is 454. The maximum Gasteiger partial charge on any atom is 0.310 e. The van der Waals surface area contributed by atoms with Crippen LogP contribution in [0.1, 0.15) is 23.7 Å². The highest BCUT2D eigenvalue weighted by Gasteiger charge is 2.41. The van der Waals surface area contributed by atoms with Crippen molar-refractivity contribution in [1.82, 2.24) is 0 Å². The number of Topliss-reactive ketones (excluding diaryl/α,β-unsaturated/α-hetero) is 1. The zero-order valence-electron chi connectivity index (χ0n) is 9.49. The summed E-state index contributed by atoms with van der Waals surface area (Å²) in [5.41, 5.74) is -0.348. The van der Waals surface area contributed by atoms with E-state index in [0.717, 1.165) is 31.2 Å². The standard InChI is InChI=1S/C12H11F3O3/c1-7(11(17)18)6-12(14,15)10(16)8-2-4-9(13)5-3-8/h2-5,7H,6H2,1H3,(H,17,18). The van der Waals surface area contributed by atoms with E-state index in [1.54, 1.807) is 0 Å². The van der Waals surface area contributed by atoms with Crippen molar-refractivity contribution in [3.63, 3.8) is 0 Å². The molecule has 0 aliphatic rings. The molecule has 0 radical (unpaired) electrons. The molecule has 1 N–H and O–H groups in total. The molecule has 0 saturated heterocycles. The van der Waals surface area contributed by atoms with Crippen LogP contribution in [0.5, 0.6) is 0 Å². The van der Waals surface area contributed by atoms with Crippen LogP contribution in [0.4, 0.5) is 13.2 Å². The molecule has 6 heteroatoms. The van der Waals surface area contributed by atoms with Crippen LogP contribution in [0, 0.1) is 11.7 Å². The molecule has 0 aliphatic carbocycles. The average molecular weight is 260 g/mol. The van der Waals surface area contributed by atoms with Crippen LogP contribution >= 0.6 is 0 Å². The van der Waals surface area contributed by atoms with Crippen molar-refractivity contribution >= 4 is 11.8 Å². The highest BCUT2D eigenvalue weighted by molar-refractivity contribution is 6.01. The number of carboxylic acids is 1. The summed E-state index contributed by atoms with van der Waals surface area (Å²) in [5.74, 6) is -8.68. The van der Waals surface area contributed by atoms with Crippen LogP contribution in [-0.4, -0.2) is 22.8 Å². The number of hydrogen-bond donors (Lipinski definition) is 1. The third-order valence-electron chi connectivity index (χ3n) is 2.42. The van der Waals surface area contributed by atoms with E-state index in [0.29, 0.717) is 0 Å². The van der Waals surface area contributed by atoms with Crippen molar-refractivity contribution in [3.8, 4) is 0 Å². The Labute approximate surface area is 101 Å². The van der Waals surface area contributed by atoms with Crippen molar-refractivity contribution in [2.24, 2.45) is 5.92 Å². The van der Waals surface area contributed by atoms with E-state index in [4.69, 9.17) is 5.11 Å². The molecule has 1 rings (SSSR count). The first-order chi connectivity index (χ1) is 8.24. The van der Waals surface area contributed by atoms with E-state index < -0.39 is 35.8 Å². The Balaban J connectivity index is 2.87. The predicted octanol–water partition coefficient (Wildman–Crippen LogP) is 2.75. The van der Waals surface area contributed by atoms with E-state index in [1.807, 2.05) is 0 Å². The summed E-state index contributed by atoms with van der Waals surface area (Å²) in [6.45, 7) is 1.09. The largest absolute Gasteiger partial charge is 0.481 e. The van der Waals surface area contributed by atoms with Gasteiger partial charge in [0, 0.05) is 12.0 Å². The Morgan fingerprint density at radius 1 is 1.28 bits per heavy atom. The minimum atomic E-state index is -3.78. The van der Waals surface area contributed by atoms with Gasteiger partial charge in [-0.3, -0.25) is 9.59 Å². The van der Waals surface area contributed by atoms with Gasteiger partial charge >= 0.3 is 11.9 Å². The summed E-state index contributed by atoms with van der Waals surface area (Å²) >= 11 is 0. The third-order valence-corrected chi connectivity index (χ3v) is 2.42. The number of rotatable bonds is 5. The number of carbonyl (C=O) groups excluding carboxylic acids is 1. The molecule has 0 aliphatic heterocycles. The summed E-state index contributed by atoms with van der Waals surface area (Å²) in [5, 5.41) is 8.54. The number of carbonyl (C=O) groups is 2. The van der Waals surface area contributed by atoms with Gasteiger partial charge in [0.25, 0.3) is 0 Å². The van der Waals surface area contributed by atoms with Crippen LogP contribution in [0.25, 0.3) is 0 Å². The first-order valence-electron chi connectivity index (χ1n) is 5.15. The third kappa shape index (κ3) is 3.32. The fraction of sp³-hybridized carbons (Fsp3) is 0.333. The van der Waals surface area contributed by atoms with Gasteiger partial charge in [0.1, 0.15) is 5.82 Å². The number of hydrogen-bond acceptors (Lipinski definition) is 2. The number of ketones is 1. The van der Waals surface area contributed by atoms with E-state index >= 15 is 0 Å². The minimum absolute atomic E-state index is 0.348. The lowest BCUT2D eigenvalue weighted by Gasteiger charge is -2.17. The van der Waals surface area contributed by atoms with Crippen molar-refractivity contribution in [3.05, 3.63) is 35.6 Å². The average Bonchev–Trinajstić information content (AvgIpc) is 2.28. The molecule has 18 heavy (non-hydrogen) atoms. The normalized spacial score (nSPS) is 13.1. The number of benzene rings is 1. The second kappa shape index (κ2) is 5.20. The second-order valence-electron chi connectivity index (χ2n) is 3.98. The van der Waals surface area contributed by atoms with Crippen LogP contribution in [-0.2, 0) is 4.79 Å². The lowest BCUT2D eigenvalue weighted by Crippen LogP contribution is -2.32. The van der Waals surface area contributed by atoms with Crippen molar-refractivity contribution in [1.29, 1.82) is 0 Å². The van der Waals surface area contributed by atoms with Gasteiger partial charge in [0.15, 0.2) is 0 Å². The molecule has 0 amide bonds. The monoisotopic (exact) mass is 260 g/mol.